The molecule has 0 aliphatic rings. The lowest BCUT2D eigenvalue weighted by molar-refractivity contribution is 0.0995. The number of carbonyl (C=O) groups is 1. The first-order valence-electron chi connectivity index (χ1n) is 5.76. The molecule has 0 aromatic heterocycles. The minimum atomic E-state index is 0. The fourth-order valence-corrected chi connectivity index (χ4v) is 1.49. The van der Waals surface area contributed by atoms with E-state index in [2.05, 4.69) is 18.7 Å². The maximum atomic E-state index is 11.7. The fourth-order valence-electron chi connectivity index (χ4n) is 1.49. The molecule has 0 aliphatic carbocycles. The van der Waals surface area contributed by atoms with Crippen molar-refractivity contribution >= 4 is 22.8 Å². The lowest BCUT2D eigenvalue weighted by atomic mass is 10.1. The predicted octanol–water partition coefficient (Wildman–Crippen LogP) is 3.69. The summed E-state index contributed by atoms with van der Waals surface area (Å²) >= 11 is 0. The molecule has 0 spiro atoms. The van der Waals surface area contributed by atoms with Crippen molar-refractivity contribution in [3.63, 3.8) is 0 Å². The largest absolute Gasteiger partial charge is 0.378 e. The molecule has 0 saturated carbocycles. The summed E-state index contributed by atoms with van der Waals surface area (Å²) < 4.78 is 0. The summed E-state index contributed by atoms with van der Waals surface area (Å²) in [5, 5.41) is 0. The van der Waals surface area contributed by atoms with Gasteiger partial charge in [-0.3, -0.25) is 4.79 Å². The second kappa shape index (κ2) is 8.99. The van der Waals surface area contributed by atoms with Crippen LogP contribution in [0.2, 0.25) is 0 Å². The first kappa shape index (κ1) is 15.9. The average molecular weight is 298 g/mol. The van der Waals surface area contributed by atoms with Gasteiger partial charge in [0.15, 0.2) is 5.78 Å². The third-order valence-corrected chi connectivity index (χ3v) is 2.53. The highest BCUT2D eigenvalue weighted by Crippen LogP contribution is 2.03. The van der Waals surface area contributed by atoms with E-state index in [9.17, 15) is 4.79 Å². The number of nitrogens with zero attached hydrogens (tertiary/aromatic N) is 1. The van der Waals surface area contributed by atoms with Gasteiger partial charge in [0.1, 0.15) is 0 Å². The summed E-state index contributed by atoms with van der Waals surface area (Å²) in [6.07, 6.45) is 4.41. The van der Waals surface area contributed by atoms with Crippen molar-refractivity contribution < 1.29 is 4.79 Å². The zero-order valence-electron chi connectivity index (χ0n) is 10.4. The Morgan fingerprint density at radius 1 is 1.18 bits per heavy atom. The molecular formula is C14H20BrNO. The average Bonchev–Trinajstić information content (AvgIpc) is 2.35. The van der Waals surface area contributed by atoms with Crippen LogP contribution < -0.4 is 0 Å². The van der Waals surface area contributed by atoms with Crippen LogP contribution in [-0.4, -0.2) is 23.8 Å². The van der Waals surface area contributed by atoms with Crippen molar-refractivity contribution in [3.8, 4) is 0 Å². The number of hydrogen-bond acceptors (Lipinski definition) is 2. The number of allylic oxidation sites excluding steroid dienone is 1. The van der Waals surface area contributed by atoms with E-state index in [4.69, 9.17) is 0 Å². The first-order chi connectivity index (χ1) is 7.77. The van der Waals surface area contributed by atoms with Gasteiger partial charge in [-0.1, -0.05) is 36.4 Å². The van der Waals surface area contributed by atoms with Crippen molar-refractivity contribution in [3.05, 3.63) is 48.2 Å². The standard InChI is InChI=1S/C14H19NO.BrH/c1-3-15(4-2)12-8-11-14(16)13-9-6-5-7-10-13;/h5-10,12H,3-4,11H2,1-2H3;1H/b12-8+;. The molecular weight excluding hydrogens is 278 g/mol. The van der Waals surface area contributed by atoms with Crippen molar-refractivity contribution in [2.75, 3.05) is 13.1 Å². The maximum absolute atomic E-state index is 11.7. The fraction of sp³-hybridized carbons (Fsp3) is 0.357. The molecule has 1 aromatic rings. The summed E-state index contributed by atoms with van der Waals surface area (Å²) in [6, 6.07) is 9.41. The summed E-state index contributed by atoms with van der Waals surface area (Å²) in [4.78, 5) is 13.9. The Morgan fingerprint density at radius 2 is 1.76 bits per heavy atom. The van der Waals surface area contributed by atoms with Crippen LogP contribution in [0.25, 0.3) is 0 Å². The molecule has 0 saturated heterocycles. The van der Waals surface area contributed by atoms with Crippen LogP contribution in [-0.2, 0) is 0 Å². The molecule has 0 radical (unpaired) electrons. The summed E-state index contributed by atoms with van der Waals surface area (Å²) in [7, 11) is 0. The zero-order valence-corrected chi connectivity index (χ0v) is 12.1. The third kappa shape index (κ3) is 5.68. The summed E-state index contributed by atoms with van der Waals surface area (Å²) in [6.45, 7) is 6.17. The minimum absolute atomic E-state index is 0. The second-order valence-electron chi connectivity index (χ2n) is 3.60. The van der Waals surface area contributed by atoms with Gasteiger partial charge in [0.05, 0.1) is 0 Å². The molecule has 0 atom stereocenters. The first-order valence-corrected chi connectivity index (χ1v) is 5.76. The van der Waals surface area contributed by atoms with Gasteiger partial charge in [-0.2, -0.15) is 0 Å². The second-order valence-corrected chi connectivity index (χ2v) is 3.60. The SMILES string of the molecule is Br.CCN(/C=C/CC(=O)c1ccccc1)CC. The molecule has 1 aromatic carbocycles. The van der Waals surface area contributed by atoms with E-state index >= 15 is 0 Å². The Hall–Kier alpha value is -1.09. The molecule has 0 bridgehead atoms. The van der Waals surface area contributed by atoms with Crippen LogP contribution in [0.5, 0.6) is 0 Å². The van der Waals surface area contributed by atoms with Crippen LogP contribution in [0, 0.1) is 0 Å². The van der Waals surface area contributed by atoms with Crippen molar-refractivity contribution in [1.82, 2.24) is 4.90 Å². The van der Waals surface area contributed by atoms with Crippen LogP contribution in [0.15, 0.2) is 42.6 Å². The Labute approximate surface area is 114 Å². The highest BCUT2D eigenvalue weighted by molar-refractivity contribution is 8.93. The molecule has 1 rings (SSSR count). The van der Waals surface area contributed by atoms with Crippen LogP contribution in [0.4, 0.5) is 0 Å². The quantitative estimate of drug-likeness (QED) is 0.746. The predicted molar refractivity (Wildman–Crippen MR) is 77.8 cm³/mol. The summed E-state index contributed by atoms with van der Waals surface area (Å²) in [5.74, 6) is 0.170. The molecule has 2 nitrogen and oxygen atoms in total. The van der Waals surface area contributed by atoms with Gasteiger partial charge in [0.25, 0.3) is 0 Å². The van der Waals surface area contributed by atoms with Gasteiger partial charge in [-0.25, -0.2) is 0 Å². The van der Waals surface area contributed by atoms with Gasteiger partial charge in [0.2, 0.25) is 0 Å². The van der Waals surface area contributed by atoms with Gasteiger partial charge >= 0.3 is 0 Å². The van der Waals surface area contributed by atoms with E-state index in [1.54, 1.807) is 0 Å². The number of hydrogen-bond donors (Lipinski definition) is 0. The normalized spacial score (nSPS) is 10.0. The lowest BCUT2D eigenvalue weighted by Gasteiger charge is -2.14. The number of benzene rings is 1. The maximum Gasteiger partial charge on any atom is 0.166 e. The van der Waals surface area contributed by atoms with E-state index in [1.807, 2.05) is 42.6 Å². The molecule has 0 aliphatic heterocycles. The van der Waals surface area contributed by atoms with Crippen LogP contribution in [0.1, 0.15) is 30.6 Å². The van der Waals surface area contributed by atoms with Gasteiger partial charge in [-0.15, -0.1) is 17.0 Å². The highest BCUT2D eigenvalue weighted by Gasteiger charge is 2.01. The molecule has 0 fully saturated rings. The van der Waals surface area contributed by atoms with Gasteiger partial charge < -0.3 is 4.90 Å². The van der Waals surface area contributed by atoms with Gasteiger partial charge in [-0.05, 0) is 20.0 Å². The van der Waals surface area contributed by atoms with Gasteiger partial charge in [0, 0.05) is 25.1 Å². The highest BCUT2D eigenvalue weighted by atomic mass is 79.9. The molecule has 0 unspecified atom stereocenters. The van der Waals surface area contributed by atoms with E-state index in [-0.39, 0.29) is 22.8 Å². The Kier molecular flexibility index (Phi) is 8.42. The molecule has 3 heteroatoms. The molecule has 0 amide bonds. The third-order valence-electron chi connectivity index (χ3n) is 2.53. The van der Waals surface area contributed by atoms with E-state index in [0.29, 0.717) is 6.42 Å². The number of rotatable bonds is 6. The Morgan fingerprint density at radius 3 is 2.29 bits per heavy atom. The van der Waals surface area contributed by atoms with Crippen molar-refractivity contribution in [2.45, 2.75) is 20.3 Å². The lowest BCUT2D eigenvalue weighted by Crippen LogP contribution is -2.15. The zero-order chi connectivity index (χ0) is 11.8. The molecule has 0 N–H and O–H groups in total. The Balaban J connectivity index is 0.00000256. The number of halogens is 1. The van der Waals surface area contributed by atoms with Crippen molar-refractivity contribution in [1.29, 1.82) is 0 Å². The molecule has 17 heavy (non-hydrogen) atoms. The molecule has 0 heterocycles. The van der Waals surface area contributed by atoms with Crippen LogP contribution >= 0.6 is 17.0 Å². The van der Waals surface area contributed by atoms with E-state index < -0.39 is 0 Å². The van der Waals surface area contributed by atoms with Crippen LogP contribution in [0.3, 0.4) is 0 Å². The number of carbonyl (C=O) groups excluding carboxylic acids is 1. The van der Waals surface area contributed by atoms with E-state index in [0.717, 1.165) is 18.7 Å². The monoisotopic (exact) mass is 297 g/mol. The summed E-state index contributed by atoms with van der Waals surface area (Å²) in [5.41, 5.74) is 0.784. The van der Waals surface area contributed by atoms with E-state index in [1.165, 1.54) is 0 Å². The topological polar surface area (TPSA) is 20.3 Å². The van der Waals surface area contributed by atoms with Crippen molar-refractivity contribution in [2.24, 2.45) is 0 Å². The number of Topliss-reactive ketones (excluding diaryl/α,β-unsaturated/α-hetero) is 1. The smallest absolute Gasteiger partial charge is 0.166 e. The number of ketones is 1. The minimum Gasteiger partial charge on any atom is -0.378 e. The Bertz CT molecular complexity index is 344. The molecule has 94 valence electrons.